The molecule has 22 heavy (non-hydrogen) atoms. The minimum Gasteiger partial charge on any atom is -0.491 e. The van der Waals surface area contributed by atoms with Gasteiger partial charge in [0.25, 0.3) is 0 Å². The van der Waals surface area contributed by atoms with E-state index in [-0.39, 0.29) is 30.8 Å². The van der Waals surface area contributed by atoms with E-state index < -0.39 is 6.10 Å². The van der Waals surface area contributed by atoms with E-state index in [1.165, 1.54) is 25.0 Å². The maximum Gasteiger partial charge on any atom is 0.223 e. The number of ether oxygens (including phenoxy) is 1. The van der Waals surface area contributed by atoms with Gasteiger partial charge in [-0.15, -0.1) is 0 Å². The zero-order valence-electron chi connectivity index (χ0n) is 12.5. The van der Waals surface area contributed by atoms with Crippen LogP contribution in [0.2, 0.25) is 0 Å². The molecule has 0 spiro atoms. The largest absolute Gasteiger partial charge is 0.491 e. The topological polar surface area (TPSA) is 58.6 Å². The summed E-state index contributed by atoms with van der Waals surface area (Å²) in [6.07, 6.45) is 3.99. The first-order chi connectivity index (χ1) is 10.6. The quantitative estimate of drug-likeness (QED) is 0.846. The molecule has 3 atom stereocenters. The molecule has 0 radical (unpaired) electrons. The second kappa shape index (κ2) is 6.65. The molecule has 2 aliphatic carbocycles. The number of aliphatic hydroxyl groups excluding tert-OH is 1. The summed E-state index contributed by atoms with van der Waals surface area (Å²) in [7, 11) is 0. The number of aliphatic hydroxyl groups is 1. The van der Waals surface area contributed by atoms with E-state index in [0.717, 1.165) is 12.8 Å². The fraction of sp³-hybridized carbons (Fsp3) is 0.588. The third-order valence-corrected chi connectivity index (χ3v) is 4.71. The van der Waals surface area contributed by atoms with Crippen LogP contribution in [0.4, 0.5) is 4.39 Å². The van der Waals surface area contributed by atoms with E-state index in [9.17, 15) is 14.3 Å². The Bertz CT molecular complexity index is 524. The molecule has 0 unspecified atom stereocenters. The predicted molar refractivity (Wildman–Crippen MR) is 79.8 cm³/mol. The fourth-order valence-electron chi connectivity index (χ4n) is 3.53. The lowest BCUT2D eigenvalue weighted by molar-refractivity contribution is -0.123. The van der Waals surface area contributed by atoms with Crippen molar-refractivity contribution in [1.29, 1.82) is 0 Å². The number of carbonyl (C=O) groups is 1. The minimum atomic E-state index is -0.798. The van der Waals surface area contributed by atoms with E-state index in [1.807, 2.05) is 0 Å². The molecular weight excluding hydrogens is 285 g/mol. The highest BCUT2D eigenvalue weighted by Crippen LogP contribution is 2.55. The summed E-state index contributed by atoms with van der Waals surface area (Å²) in [4.78, 5) is 12.1. The number of halogens is 1. The van der Waals surface area contributed by atoms with Crippen molar-refractivity contribution in [3.8, 4) is 5.75 Å². The van der Waals surface area contributed by atoms with Gasteiger partial charge in [0, 0.05) is 18.5 Å². The van der Waals surface area contributed by atoms with E-state index >= 15 is 0 Å². The Kier molecular flexibility index (Phi) is 4.62. The monoisotopic (exact) mass is 307 g/mol. The fourth-order valence-corrected chi connectivity index (χ4v) is 3.53. The van der Waals surface area contributed by atoms with Gasteiger partial charge in [-0.1, -0.05) is 18.9 Å². The molecule has 4 nitrogen and oxygen atoms in total. The van der Waals surface area contributed by atoms with Gasteiger partial charge in [0.15, 0.2) is 0 Å². The highest BCUT2D eigenvalue weighted by molar-refractivity contribution is 5.82. The lowest BCUT2D eigenvalue weighted by Gasteiger charge is -2.13. The second-order valence-corrected chi connectivity index (χ2v) is 6.31. The van der Waals surface area contributed by atoms with Crippen molar-refractivity contribution in [2.45, 2.75) is 31.8 Å². The summed E-state index contributed by atoms with van der Waals surface area (Å²) in [6.45, 7) is 0.200. The molecule has 5 heteroatoms. The van der Waals surface area contributed by atoms with E-state index in [4.69, 9.17) is 4.74 Å². The Morgan fingerprint density at radius 3 is 2.77 bits per heavy atom. The molecule has 2 fully saturated rings. The summed E-state index contributed by atoms with van der Waals surface area (Å²) in [5.74, 6) is 1.33. The molecule has 0 aliphatic heterocycles. The standard InChI is InChI=1S/C17H22FNO3/c18-11-4-3-5-13(8-11)22-10-12(20)9-19-17(21)16-14-6-1-2-7-15(14)16/h3-5,8,12,14-16,20H,1-2,6-7,9-10H2,(H,19,21)/t12-,14-,15-/m0/s1. The summed E-state index contributed by atoms with van der Waals surface area (Å²) < 4.78 is 18.3. The van der Waals surface area contributed by atoms with E-state index in [1.54, 1.807) is 12.1 Å². The average Bonchev–Trinajstić information content (AvgIpc) is 3.25. The van der Waals surface area contributed by atoms with Crippen molar-refractivity contribution in [3.63, 3.8) is 0 Å². The highest BCUT2D eigenvalue weighted by atomic mass is 19.1. The molecule has 2 saturated carbocycles. The minimum absolute atomic E-state index is 0.0290. The average molecular weight is 307 g/mol. The van der Waals surface area contributed by atoms with Gasteiger partial charge in [0.1, 0.15) is 24.3 Å². The van der Waals surface area contributed by atoms with Gasteiger partial charge in [-0.2, -0.15) is 0 Å². The molecule has 1 amide bonds. The summed E-state index contributed by atoms with van der Waals surface area (Å²) in [6, 6.07) is 5.77. The van der Waals surface area contributed by atoms with Crippen LogP contribution >= 0.6 is 0 Å². The van der Waals surface area contributed by atoms with Crippen molar-refractivity contribution in [2.24, 2.45) is 17.8 Å². The van der Waals surface area contributed by atoms with Crippen molar-refractivity contribution in [2.75, 3.05) is 13.2 Å². The van der Waals surface area contributed by atoms with Gasteiger partial charge in [-0.05, 0) is 36.8 Å². The number of hydrogen-bond donors (Lipinski definition) is 2. The van der Waals surface area contributed by atoms with Crippen LogP contribution in [0.1, 0.15) is 25.7 Å². The number of carbonyl (C=O) groups excluding carboxylic acids is 1. The maximum atomic E-state index is 13.0. The van der Waals surface area contributed by atoms with Crippen LogP contribution in [0.3, 0.4) is 0 Å². The normalized spacial score (nSPS) is 27.6. The summed E-state index contributed by atoms with van der Waals surface area (Å²) in [5, 5.41) is 12.7. The Balaban J connectivity index is 1.37. The molecule has 0 bridgehead atoms. The number of benzene rings is 1. The van der Waals surface area contributed by atoms with Crippen LogP contribution in [0.5, 0.6) is 5.75 Å². The number of fused-ring (bicyclic) bond motifs is 1. The third kappa shape index (κ3) is 3.58. The van der Waals surface area contributed by atoms with Gasteiger partial charge >= 0.3 is 0 Å². The smallest absolute Gasteiger partial charge is 0.223 e. The molecule has 0 saturated heterocycles. The van der Waals surface area contributed by atoms with Crippen molar-refractivity contribution >= 4 is 5.91 Å². The Labute approximate surface area is 129 Å². The van der Waals surface area contributed by atoms with Crippen molar-refractivity contribution < 1.29 is 19.0 Å². The van der Waals surface area contributed by atoms with Crippen LogP contribution in [0.15, 0.2) is 24.3 Å². The first kappa shape index (κ1) is 15.3. The van der Waals surface area contributed by atoms with Gasteiger partial charge < -0.3 is 15.2 Å². The van der Waals surface area contributed by atoms with Gasteiger partial charge in [0.2, 0.25) is 5.91 Å². The Morgan fingerprint density at radius 2 is 2.09 bits per heavy atom. The Morgan fingerprint density at radius 1 is 1.36 bits per heavy atom. The maximum absolute atomic E-state index is 13.0. The lowest BCUT2D eigenvalue weighted by atomic mass is 10.0. The van der Waals surface area contributed by atoms with E-state index in [0.29, 0.717) is 17.6 Å². The highest BCUT2D eigenvalue weighted by Gasteiger charge is 2.54. The predicted octanol–water partition coefficient (Wildman–Crippen LogP) is 2.12. The number of nitrogens with one attached hydrogen (secondary N) is 1. The van der Waals surface area contributed by atoms with Gasteiger partial charge in [-0.3, -0.25) is 4.79 Å². The molecule has 3 rings (SSSR count). The molecule has 0 aromatic heterocycles. The Hall–Kier alpha value is -1.62. The molecule has 0 heterocycles. The number of amides is 1. The second-order valence-electron chi connectivity index (χ2n) is 6.31. The summed E-state index contributed by atoms with van der Waals surface area (Å²) in [5.41, 5.74) is 0. The van der Waals surface area contributed by atoms with Crippen LogP contribution < -0.4 is 10.1 Å². The van der Waals surface area contributed by atoms with Crippen LogP contribution in [0, 0.1) is 23.6 Å². The lowest BCUT2D eigenvalue weighted by Crippen LogP contribution is -2.36. The molecule has 120 valence electrons. The molecule has 1 aromatic rings. The number of hydrogen-bond acceptors (Lipinski definition) is 3. The zero-order chi connectivity index (χ0) is 15.5. The first-order valence-electron chi connectivity index (χ1n) is 7.99. The van der Waals surface area contributed by atoms with E-state index in [2.05, 4.69) is 5.32 Å². The van der Waals surface area contributed by atoms with Crippen LogP contribution in [-0.2, 0) is 4.79 Å². The molecular formula is C17H22FNO3. The van der Waals surface area contributed by atoms with Crippen LogP contribution in [-0.4, -0.2) is 30.3 Å². The van der Waals surface area contributed by atoms with Crippen molar-refractivity contribution in [3.05, 3.63) is 30.1 Å². The number of rotatable bonds is 6. The SMILES string of the molecule is O=C(NC[C@H](O)COc1cccc(F)c1)C1[C@H]2CCCC[C@H]12. The van der Waals surface area contributed by atoms with Crippen molar-refractivity contribution in [1.82, 2.24) is 5.32 Å². The third-order valence-electron chi connectivity index (χ3n) is 4.71. The van der Waals surface area contributed by atoms with Gasteiger partial charge in [0.05, 0.1) is 0 Å². The molecule has 2 aliphatic rings. The zero-order valence-corrected chi connectivity index (χ0v) is 12.5. The molecule has 2 N–H and O–H groups in total. The van der Waals surface area contributed by atoms with Crippen LogP contribution in [0.25, 0.3) is 0 Å². The van der Waals surface area contributed by atoms with Gasteiger partial charge in [-0.25, -0.2) is 4.39 Å². The molecule has 1 aromatic carbocycles. The summed E-state index contributed by atoms with van der Waals surface area (Å²) >= 11 is 0. The first-order valence-corrected chi connectivity index (χ1v) is 7.99.